The van der Waals surface area contributed by atoms with Crippen molar-refractivity contribution in [2.45, 2.75) is 32.2 Å². The Balaban J connectivity index is 1.66. The molecule has 1 heterocycles. The van der Waals surface area contributed by atoms with Crippen molar-refractivity contribution in [3.8, 4) is 0 Å². The number of likely N-dealkylation sites (tertiary alicyclic amines) is 1. The monoisotopic (exact) mass is 384 g/mol. The standard InChI is InChI=1S/C21H24N2O3S/c1-17-7-5-6-15-23(17)21(24)19-10-12-20(13-11-19)22-27(25,26)16-14-18-8-3-2-4-9-18/h2-4,8-14,16-17,22H,5-7,15H2,1H3/b16-14+. The van der Waals surface area contributed by atoms with Crippen LogP contribution in [0.1, 0.15) is 42.1 Å². The Kier molecular flexibility index (Phi) is 5.96. The van der Waals surface area contributed by atoms with Crippen LogP contribution in [-0.2, 0) is 10.0 Å². The number of carbonyl (C=O) groups is 1. The van der Waals surface area contributed by atoms with Crippen molar-refractivity contribution < 1.29 is 13.2 Å². The van der Waals surface area contributed by atoms with Gasteiger partial charge in [0.2, 0.25) is 0 Å². The quantitative estimate of drug-likeness (QED) is 0.843. The summed E-state index contributed by atoms with van der Waals surface area (Å²) in [5.41, 5.74) is 1.81. The summed E-state index contributed by atoms with van der Waals surface area (Å²) in [5, 5.41) is 1.14. The first-order chi connectivity index (χ1) is 12.9. The van der Waals surface area contributed by atoms with Crippen LogP contribution in [0.3, 0.4) is 0 Å². The molecule has 1 N–H and O–H groups in total. The van der Waals surface area contributed by atoms with Gasteiger partial charge in [-0.25, -0.2) is 8.42 Å². The Morgan fingerprint density at radius 3 is 2.44 bits per heavy atom. The average molecular weight is 385 g/mol. The molecule has 2 aromatic carbocycles. The van der Waals surface area contributed by atoms with Gasteiger partial charge in [0.25, 0.3) is 15.9 Å². The normalized spacial score (nSPS) is 17.8. The van der Waals surface area contributed by atoms with Gasteiger partial charge in [-0.2, -0.15) is 0 Å². The zero-order valence-electron chi connectivity index (χ0n) is 15.3. The SMILES string of the molecule is CC1CCCCN1C(=O)c1ccc(NS(=O)(=O)/C=C/c2ccccc2)cc1. The number of rotatable bonds is 5. The lowest BCUT2D eigenvalue weighted by atomic mass is 10.0. The third kappa shape index (κ3) is 5.20. The first-order valence-electron chi connectivity index (χ1n) is 9.11. The average Bonchev–Trinajstić information content (AvgIpc) is 2.67. The summed E-state index contributed by atoms with van der Waals surface area (Å²) in [7, 11) is -3.62. The van der Waals surface area contributed by atoms with Crippen LogP contribution in [0, 0.1) is 0 Å². The maximum atomic E-state index is 12.6. The zero-order chi connectivity index (χ0) is 19.3. The Hall–Kier alpha value is -2.60. The number of sulfonamides is 1. The molecule has 27 heavy (non-hydrogen) atoms. The molecular formula is C21H24N2O3S. The number of anilines is 1. The number of nitrogens with zero attached hydrogens (tertiary/aromatic N) is 1. The maximum absolute atomic E-state index is 12.6. The van der Waals surface area contributed by atoms with E-state index in [1.165, 1.54) is 6.08 Å². The highest BCUT2D eigenvalue weighted by molar-refractivity contribution is 7.95. The second-order valence-electron chi connectivity index (χ2n) is 6.78. The van der Waals surface area contributed by atoms with Crippen molar-refractivity contribution in [1.82, 2.24) is 4.90 Å². The van der Waals surface area contributed by atoms with Gasteiger partial charge in [-0.05, 0) is 62.1 Å². The third-order valence-corrected chi connectivity index (χ3v) is 5.71. The van der Waals surface area contributed by atoms with Crippen molar-refractivity contribution >= 4 is 27.7 Å². The van der Waals surface area contributed by atoms with Crippen molar-refractivity contribution in [1.29, 1.82) is 0 Å². The summed E-state index contributed by atoms with van der Waals surface area (Å²) in [6, 6.07) is 16.0. The molecule has 0 saturated carbocycles. The van der Waals surface area contributed by atoms with E-state index in [1.807, 2.05) is 35.2 Å². The highest BCUT2D eigenvalue weighted by Gasteiger charge is 2.24. The van der Waals surface area contributed by atoms with E-state index in [0.717, 1.165) is 36.8 Å². The molecular weight excluding hydrogens is 360 g/mol. The molecule has 6 heteroatoms. The third-order valence-electron chi connectivity index (χ3n) is 4.70. The lowest BCUT2D eigenvalue weighted by molar-refractivity contribution is 0.0635. The molecule has 0 radical (unpaired) electrons. The second kappa shape index (κ2) is 8.39. The summed E-state index contributed by atoms with van der Waals surface area (Å²) in [6.45, 7) is 2.84. The summed E-state index contributed by atoms with van der Waals surface area (Å²) in [5.74, 6) is 0.000538. The van der Waals surface area contributed by atoms with E-state index in [4.69, 9.17) is 0 Å². The Labute approximate surface area is 160 Å². The van der Waals surface area contributed by atoms with Gasteiger partial charge in [-0.1, -0.05) is 30.3 Å². The van der Waals surface area contributed by atoms with E-state index in [2.05, 4.69) is 11.6 Å². The van der Waals surface area contributed by atoms with E-state index in [-0.39, 0.29) is 11.9 Å². The molecule has 1 atom stereocenters. The Morgan fingerprint density at radius 2 is 1.78 bits per heavy atom. The number of hydrogen-bond donors (Lipinski definition) is 1. The molecule has 1 unspecified atom stereocenters. The van der Waals surface area contributed by atoms with Crippen LogP contribution in [0.4, 0.5) is 5.69 Å². The highest BCUT2D eigenvalue weighted by atomic mass is 32.2. The molecule has 3 rings (SSSR count). The van der Waals surface area contributed by atoms with Gasteiger partial charge in [-0.3, -0.25) is 9.52 Å². The molecule has 1 aliphatic rings. The summed E-state index contributed by atoms with van der Waals surface area (Å²) in [4.78, 5) is 14.5. The minimum absolute atomic E-state index is 0.000538. The zero-order valence-corrected chi connectivity index (χ0v) is 16.2. The van der Waals surface area contributed by atoms with E-state index in [1.54, 1.807) is 24.3 Å². The number of hydrogen-bond acceptors (Lipinski definition) is 3. The van der Waals surface area contributed by atoms with E-state index < -0.39 is 10.0 Å². The summed E-state index contributed by atoms with van der Waals surface area (Å²) < 4.78 is 26.9. The fourth-order valence-electron chi connectivity index (χ4n) is 3.18. The molecule has 5 nitrogen and oxygen atoms in total. The predicted molar refractivity (Wildman–Crippen MR) is 109 cm³/mol. The minimum Gasteiger partial charge on any atom is -0.336 e. The summed E-state index contributed by atoms with van der Waals surface area (Å²) in [6.07, 6.45) is 4.75. The van der Waals surface area contributed by atoms with Crippen LogP contribution >= 0.6 is 0 Å². The fraction of sp³-hybridized carbons (Fsp3) is 0.286. The van der Waals surface area contributed by atoms with Crippen molar-refractivity contribution in [3.05, 3.63) is 71.1 Å². The van der Waals surface area contributed by atoms with Gasteiger partial charge < -0.3 is 4.90 Å². The van der Waals surface area contributed by atoms with Crippen molar-refractivity contribution in [3.63, 3.8) is 0 Å². The van der Waals surface area contributed by atoms with Gasteiger partial charge in [0.15, 0.2) is 0 Å². The van der Waals surface area contributed by atoms with Crippen molar-refractivity contribution in [2.24, 2.45) is 0 Å². The smallest absolute Gasteiger partial charge is 0.255 e. The van der Waals surface area contributed by atoms with Crippen LogP contribution in [0.5, 0.6) is 0 Å². The molecule has 1 saturated heterocycles. The maximum Gasteiger partial charge on any atom is 0.255 e. The number of carbonyl (C=O) groups excluding carboxylic acids is 1. The lowest BCUT2D eigenvalue weighted by Crippen LogP contribution is -2.42. The molecule has 0 spiro atoms. The van der Waals surface area contributed by atoms with Gasteiger partial charge in [0.1, 0.15) is 0 Å². The number of benzene rings is 2. The lowest BCUT2D eigenvalue weighted by Gasteiger charge is -2.33. The Morgan fingerprint density at radius 1 is 1.07 bits per heavy atom. The van der Waals surface area contributed by atoms with Gasteiger partial charge in [-0.15, -0.1) is 0 Å². The largest absolute Gasteiger partial charge is 0.336 e. The van der Waals surface area contributed by atoms with Crippen LogP contribution in [0.25, 0.3) is 6.08 Å². The molecule has 1 fully saturated rings. The Bertz CT molecular complexity index is 906. The van der Waals surface area contributed by atoms with Crippen molar-refractivity contribution in [2.75, 3.05) is 11.3 Å². The van der Waals surface area contributed by atoms with Crippen LogP contribution in [0.15, 0.2) is 60.0 Å². The van der Waals surface area contributed by atoms with Crippen LogP contribution < -0.4 is 4.72 Å². The fourth-order valence-corrected chi connectivity index (χ4v) is 4.05. The van der Waals surface area contributed by atoms with Gasteiger partial charge in [0.05, 0.1) is 5.41 Å². The van der Waals surface area contributed by atoms with E-state index in [0.29, 0.717) is 11.3 Å². The van der Waals surface area contributed by atoms with Gasteiger partial charge >= 0.3 is 0 Å². The first-order valence-corrected chi connectivity index (χ1v) is 10.7. The van der Waals surface area contributed by atoms with Crippen LogP contribution in [0.2, 0.25) is 0 Å². The number of piperidine rings is 1. The number of amides is 1. The molecule has 142 valence electrons. The first kappa shape index (κ1) is 19.2. The van der Waals surface area contributed by atoms with Crippen LogP contribution in [-0.4, -0.2) is 31.8 Å². The number of nitrogens with one attached hydrogen (secondary N) is 1. The molecule has 1 aliphatic heterocycles. The van der Waals surface area contributed by atoms with Gasteiger partial charge in [0, 0.05) is 23.8 Å². The molecule has 1 amide bonds. The topological polar surface area (TPSA) is 66.5 Å². The minimum atomic E-state index is -3.62. The molecule has 0 bridgehead atoms. The molecule has 0 aliphatic carbocycles. The summed E-state index contributed by atoms with van der Waals surface area (Å²) >= 11 is 0. The highest BCUT2D eigenvalue weighted by Crippen LogP contribution is 2.20. The molecule has 0 aromatic heterocycles. The van der Waals surface area contributed by atoms with E-state index in [9.17, 15) is 13.2 Å². The molecule has 2 aromatic rings. The second-order valence-corrected chi connectivity index (χ2v) is 8.35. The van der Waals surface area contributed by atoms with E-state index >= 15 is 0 Å². The predicted octanol–water partition coefficient (Wildman–Crippen LogP) is 4.11.